The Kier molecular flexibility index (Phi) is 6.02. The highest BCUT2D eigenvalue weighted by molar-refractivity contribution is 6.30. The van der Waals surface area contributed by atoms with Gasteiger partial charge in [0.1, 0.15) is 0 Å². The van der Waals surface area contributed by atoms with E-state index in [0.717, 1.165) is 43.1 Å². The second kappa shape index (κ2) is 7.56. The van der Waals surface area contributed by atoms with Gasteiger partial charge in [0.2, 0.25) is 0 Å². The van der Waals surface area contributed by atoms with Crippen LogP contribution in [0.3, 0.4) is 0 Å². The SMILES string of the molecule is CN(C)CC1CC(O)CN1CCC(N)c1cccc(Cl)c1. The molecule has 3 N–H and O–H groups in total. The second-order valence-corrected chi connectivity index (χ2v) is 6.69. The first-order valence-corrected chi connectivity index (χ1v) is 7.91. The van der Waals surface area contributed by atoms with Crippen molar-refractivity contribution in [2.45, 2.75) is 31.0 Å². The number of nitrogens with two attached hydrogens (primary N) is 1. The van der Waals surface area contributed by atoms with Crippen LogP contribution in [0, 0.1) is 0 Å². The Hall–Kier alpha value is -0.650. The zero-order chi connectivity index (χ0) is 15.4. The average Bonchev–Trinajstić information content (AvgIpc) is 2.75. The molecule has 1 aliphatic heterocycles. The number of hydrogen-bond donors (Lipinski definition) is 2. The van der Waals surface area contributed by atoms with Gasteiger partial charge in [0, 0.05) is 36.7 Å². The molecule has 0 bridgehead atoms. The third-order valence-electron chi connectivity index (χ3n) is 4.09. The van der Waals surface area contributed by atoms with Gasteiger partial charge >= 0.3 is 0 Å². The van der Waals surface area contributed by atoms with Crippen molar-refractivity contribution in [1.29, 1.82) is 0 Å². The molecule has 3 atom stereocenters. The first-order valence-electron chi connectivity index (χ1n) is 7.53. The Morgan fingerprint density at radius 1 is 1.48 bits per heavy atom. The number of aliphatic hydroxyl groups is 1. The standard InChI is InChI=1S/C16H26ClN3O/c1-19(2)10-14-9-15(21)11-20(14)7-6-16(18)12-4-3-5-13(17)8-12/h3-5,8,14-16,21H,6-7,9-11,18H2,1-2H3. The molecule has 5 heteroatoms. The summed E-state index contributed by atoms with van der Waals surface area (Å²) >= 11 is 6.01. The quantitative estimate of drug-likeness (QED) is 0.840. The van der Waals surface area contributed by atoms with Crippen LogP contribution in [0.1, 0.15) is 24.4 Å². The summed E-state index contributed by atoms with van der Waals surface area (Å²) in [6.07, 6.45) is 1.51. The van der Waals surface area contributed by atoms with E-state index in [9.17, 15) is 5.11 Å². The molecule has 0 amide bonds. The third kappa shape index (κ3) is 4.94. The summed E-state index contributed by atoms with van der Waals surface area (Å²) in [5, 5.41) is 10.6. The topological polar surface area (TPSA) is 52.7 Å². The van der Waals surface area contributed by atoms with E-state index in [2.05, 4.69) is 23.9 Å². The van der Waals surface area contributed by atoms with E-state index in [1.54, 1.807) is 0 Å². The molecule has 1 heterocycles. The Labute approximate surface area is 132 Å². The lowest BCUT2D eigenvalue weighted by molar-refractivity contribution is 0.170. The van der Waals surface area contributed by atoms with E-state index in [1.165, 1.54) is 0 Å². The largest absolute Gasteiger partial charge is 0.392 e. The van der Waals surface area contributed by atoms with Gasteiger partial charge in [0.25, 0.3) is 0 Å². The van der Waals surface area contributed by atoms with Crippen molar-refractivity contribution in [1.82, 2.24) is 9.80 Å². The number of β-amino-alcohol motifs (C(OH)–C–C–N with tert-alkyl or cyclic N) is 1. The summed E-state index contributed by atoms with van der Waals surface area (Å²) < 4.78 is 0. The van der Waals surface area contributed by atoms with Crippen molar-refractivity contribution in [3.05, 3.63) is 34.9 Å². The number of benzene rings is 1. The highest BCUT2D eigenvalue weighted by Gasteiger charge is 2.30. The molecule has 0 aliphatic carbocycles. The predicted molar refractivity (Wildman–Crippen MR) is 87.5 cm³/mol. The van der Waals surface area contributed by atoms with Gasteiger partial charge < -0.3 is 15.7 Å². The van der Waals surface area contributed by atoms with Crippen molar-refractivity contribution in [3.63, 3.8) is 0 Å². The molecule has 3 unspecified atom stereocenters. The van der Waals surface area contributed by atoms with Crippen LogP contribution in [0.2, 0.25) is 5.02 Å². The van der Waals surface area contributed by atoms with E-state index in [1.807, 2.05) is 24.3 Å². The van der Waals surface area contributed by atoms with Crippen LogP contribution < -0.4 is 5.73 Å². The van der Waals surface area contributed by atoms with Crippen LogP contribution in [-0.2, 0) is 0 Å². The van der Waals surface area contributed by atoms with E-state index in [-0.39, 0.29) is 12.1 Å². The first kappa shape index (κ1) is 16.7. The van der Waals surface area contributed by atoms with Gasteiger partial charge in [-0.2, -0.15) is 0 Å². The van der Waals surface area contributed by atoms with Gasteiger partial charge in [-0.25, -0.2) is 0 Å². The fourth-order valence-electron chi connectivity index (χ4n) is 3.05. The maximum absolute atomic E-state index is 9.89. The molecule has 118 valence electrons. The molecule has 21 heavy (non-hydrogen) atoms. The van der Waals surface area contributed by atoms with Gasteiger partial charge in [0.15, 0.2) is 0 Å². The summed E-state index contributed by atoms with van der Waals surface area (Å²) in [5.41, 5.74) is 7.34. The van der Waals surface area contributed by atoms with Crippen LogP contribution >= 0.6 is 11.6 Å². The van der Waals surface area contributed by atoms with Crippen molar-refractivity contribution >= 4 is 11.6 Å². The molecule has 1 aliphatic rings. The van der Waals surface area contributed by atoms with Gasteiger partial charge in [-0.05, 0) is 44.6 Å². The molecule has 0 radical (unpaired) electrons. The number of aliphatic hydroxyl groups excluding tert-OH is 1. The summed E-state index contributed by atoms with van der Waals surface area (Å²) in [5.74, 6) is 0. The van der Waals surface area contributed by atoms with Crippen molar-refractivity contribution in [2.75, 3.05) is 33.7 Å². The molecular weight excluding hydrogens is 286 g/mol. The van der Waals surface area contributed by atoms with E-state index in [4.69, 9.17) is 17.3 Å². The fourth-order valence-corrected chi connectivity index (χ4v) is 3.25. The highest BCUT2D eigenvalue weighted by Crippen LogP contribution is 2.22. The minimum Gasteiger partial charge on any atom is -0.392 e. The Morgan fingerprint density at radius 3 is 2.90 bits per heavy atom. The number of nitrogens with zero attached hydrogens (tertiary/aromatic N) is 2. The lowest BCUT2D eigenvalue weighted by Crippen LogP contribution is -2.38. The van der Waals surface area contributed by atoms with Gasteiger partial charge in [-0.15, -0.1) is 0 Å². The monoisotopic (exact) mass is 311 g/mol. The summed E-state index contributed by atoms with van der Waals surface area (Å²) in [6.45, 7) is 2.63. The van der Waals surface area contributed by atoms with E-state index in [0.29, 0.717) is 6.04 Å². The minimum atomic E-state index is -0.211. The number of likely N-dealkylation sites (N-methyl/N-ethyl adjacent to an activating group) is 1. The third-order valence-corrected chi connectivity index (χ3v) is 4.32. The number of rotatable bonds is 6. The van der Waals surface area contributed by atoms with E-state index < -0.39 is 0 Å². The maximum atomic E-state index is 9.89. The van der Waals surface area contributed by atoms with Crippen LogP contribution in [-0.4, -0.2) is 60.8 Å². The van der Waals surface area contributed by atoms with Crippen molar-refractivity contribution < 1.29 is 5.11 Å². The maximum Gasteiger partial charge on any atom is 0.0682 e. The molecule has 1 saturated heterocycles. The molecule has 1 fully saturated rings. The molecule has 0 saturated carbocycles. The van der Waals surface area contributed by atoms with Crippen molar-refractivity contribution in [3.8, 4) is 0 Å². The molecule has 1 aromatic carbocycles. The van der Waals surface area contributed by atoms with Crippen LogP contribution in [0.25, 0.3) is 0 Å². The lowest BCUT2D eigenvalue weighted by atomic mass is 10.0. The molecule has 2 rings (SSSR count). The number of likely N-dealkylation sites (tertiary alicyclic amines) is 1. The first-order chi connectivity index (χ1) is 9.95. The normalized spacial score (nSPS) is 24.7. The second-order valence-electron chi connectivity index (χ2n) is 6.25. The van der Waals surface area contributed by atoms with Crippen LogP contribution in [0.15, 0.2) is 24.3 Å². The smallest absolute Gasteiger partial charge is 0.0682 e. The summed E-state index contributed by atoms with van der Waals surface area (Å²) in [7, 11) is 4.14. The highest BCUT2D eigenvalue weighted by atomic mass is 35.5. The molecular formula is C16H26ClN3O. The van der Waals surface area contributed by atoms with Gasteiger partial charge in [-0.3, -0.25) is 4.90 Å². The van der Waals surface area contributed by atoms with Crippen LogP contribution in [0.4, 0.5) is 0 Å². The molecule has 4 nitrogen and oxygen atoms in total. The summed E-state index contributed by atoms with van der Waals surface area (Å²) in [6, 6.07) is 8.16. The fraction of sp³-hybridized carbons (Fsp3) is 0.625. The van der Waals surface area contributed by atoms with Gasteiger partial charge in [0.05, 0.1) is 6.10 Å². The molecule has 0 aromatic heterocycles. The lowest BCUT2D eigenvalue weighted by Gasteiger charge is -2.27. The molecule has 0 spiro atoms. The molecule has 1 aromatic rings. The van der Waals surface area contributed by atoms with Crippen molar-refractivity contribution in [2.24, 2.45) is 5.73 Å². The Morgan fingerprint density at radius 2 is 2.24 bits per heavy atom. The number of hydrogen-bond acceptors (Lipinski definition) is 4. The number of halogens is 1. The van der Waals surface area contributed by atoms with E-state index >= 15 is 0 Å². The zero-order valence-electron chi connectivity index (χ0n) is 12.9. The average molecular weight is 312 g/mol. The zero-order valence-corrected chi connectivity index (χ0v) is 13.6. The predicted octanol–water partition coefficient (Wildman–Crippen LogP) is 1.73. The Balaban J connectivity index is 1.89. The van der Waals surface area contributed by atoms with Crippen LogP contribution in [0.5, 0.6) is 0 Å². The summed E-state index contributed by atoms with van der Waals surface area (Å²) in [4.78, 5) is 4.53. The minimum absolute atomic E-state index is 0.0125. The van der Waals surface area contributed by atoms with Gasteiger partial charge in [-0.1, -0.05) is 23.7 Å². The Bertz CT molecular complexity index is 455.